The van der Waals surface area contributed by atoms with E-state index in [4.69, 9.17) is 4.74 Å². The number of rotatable bonds is 6. The first kappa shape index (κ1) is 18.7. The number of methoxy groups -OCH3 is 1. The molecule has 0 aliphatic heterocycles. The molecule has 7 nitrogen and oxygen atoms in total. The van der Waals surface area contributed by atoms with E-state index >= 15 is 0 Å². The Morgan fingerprint density at radius 2 is 1.52 bits per heavy atom. The summed E-state index contributed by atoms with van der Waals surface area (Å²) in [7, 11) is -2.43. The van der Waals surface area contributed by atoms with Gasteiger partial charge in [0.15, 0.2) is 11.6 Å². The van der Waals surface area contributed by atoms with Gasteiger partial charge >= 0.3 is 0 Å². The number of ether oxygens (including phenoxy) is 1. The van der Waals surface area contributed by atoms with Crippen molar-refractivity contribution >= 4 is 27.3 Å². The summed E-state index contributed by atoms with van der Waals surface area (Å²) in [6, 6.07) is 16.0. The van der Waals surface area contributed by atoms with Gasteiger partial charge in [0.25, 0.3) is 10.0 Å². The predicted molar refractivity (Wildman–Crippen MR) is 105 cm³/mol. The Morgan fingerprint density at radius 1 is 0.889 bits per heavy atom. The van der Waals surface area contributed by atoms with E-state index in [1.807, 2.05) is 44.2 Å². The van der Waals surface area contributed by atoms with Gasteiger partial charge in [-0.15, -0.1) is 10.2 Å². The molecule has 1 aromatic heterocycles. The molecule has 140 valence electrons. The number of benzene rings is 2. The molecule has 0 aliphatic carbocycles. The Kier molecular flexibility index (Phi) is 5.27. The van der Waals surface area contributed by atoms with Crippen molar-refractivity contribution in [2.45, 2.75) is 18.7 Å². The molecule has 3 rings (SSSR count). The molecule has 1 heterocycles. The van der Waals surface area contributed by atoms with Crippen LogP contribution in [0.15, 0.2) is 59.5 Å². The lowest BCUT2D eigenvalue weighted by Crippen LogP contribution is -2.16. The summed E-state index contributed by atoms with van der Waals surface area (Å²) < 4.78 is 33.2. The third-order valence-corrected chi connectivity index (χ3v) is 5.40. The van der Waals surface area contributed by atoms with Crippen molar-refractivity contribution in [3.8, 4) is 5.75 Å². The summed E-state index contributed by atoms with van der Waals surface area (Å²) in [5.41, 5.74) is 2.66. The van der Waals surface area contributed by atoms with Gasteiger partial charge in [0, 0.05) is 5.69 Å². The molecule has 2 aromatic carbocycles. The number of sulfonamides is 1. The van der Waals surface area contributed by atoms with Crippen LogP contribution < -0.4 is 14.8 Å². The summed E-state index contributed by atoms with van der Waals surface area (Å²) in [6.07, 6.45) is 0. The molecule has 0 fully saturated rings. The van der Waals surface area contributed by atoms with Crippen LogP contribution in [0.5, 0.6) is 5.75 Å². The van der Waals surface area contributed by atoms with Gasteiger partial charge in [-0.25, -0.2) is 8.42 Å². The minimum absolute atomic E-state index is 0.0568. The van der Waals surface area contributed by atoms with Crippen molar-refractivity contribution in [2.24, 2.45) is 0 Å². The highest BCUT2D eigenvalue weighted by Gasteiger charge is 2.21. The predicted octanol–water partition coefficient (Wildman–Crippen LogP) is 3.65. The van der Waals surface area contributed by atoms with E-state index in [1.165, 1.54) is 7.11 Å². The van der Waals surface area contributed by atoms with E-state index in [9.17, 15) is 8.42 Å². The molecule has 0 saturated carbocycles. The number of hydrogen-bond donors (Lipinski definition) is 2. The summed E-state index contributed by atoms with van der Waals surface area (Å²) >= 11 is 0. The molecule has 0 radical (unpaired) electrons. The summed E-state index contributed by atoms with van der Waals surface area (Å²) in [6.45, 7) is 3.74. The van der Waals surface area contributed by atoms with Crippen LogP contribution in [0.1, 0.15) is 11.1 Å². The molecule has 0 amide bonds. The van der Waals surface area contributed by atoms with E-state index in [1.54, 1.807) is 24.3 Å². The molecule has 0 saturated heterocycles. The van der Waals surface area contributed by atoms with Crippen LogP contribution in [0, 0.1) is 13.8 Å². The van der Waals surface area contributed by atoms with Crippen molar-refractivity contribution in [3.05, 3.63) is 65.7 Å². The third-order valence-electron chi connectivity index (χ3n) is 4.02. The highest BCUT2D eigenvalue weighted by atomic mass is 32.2. The smallest absolute Gasteiger partial charge is 0.266 e. The van der Waals surface area contributed by atoms with Gasteiger partial charge < -0.3 is 10.1 Å². The molecular formula is C19H20N4O3S. The largest absolute Gasteiger partial charge is 0.495 e. The van der Waals surface area contributed by atoms with Crippen LogP contribution in [-0.4, -0.2) is 25.7 Å². The molecule has 0 unspecified atom stereocenters. The second-order valence-electron chi connectivity index (χ2n) is 5.99. The zero-order chi connectivity index (χ0) is 19.4. The van der Waals surface area contributed by atoms with Crippen molar-refractivity contribution in [3.63, 3.8) is 0 Å². The van der Waals surface area contributed by atoms with Crippen LogP contribution in [0.2, 0.25) is 0 Å². The number of aryl methyl sites for hydroxylation is 2. The van der Waals surface area contributed by atoms with Crippen molar-refractivity contribution in [2.75, 3.05) is 17.1 Å². The summed E-state index contributed by atoms with van der Waals surface area (Å²) in [4.78, 5) is 0.0568. The normalized spacial score (nSPS) is 11.1. The number of para-hydroxylation sites is 1. The molecule has 2 N–H and O–H groups in total. The minimum Gasteiger partial charge on any atom is -0.495 e. The van der Waals surface area contributed by atoms with Crippen LogP contribution in [0.3, 0.4) is 0 Å². The van der Waals surface area contributed by atoms with Crippen LogP contribution >= 0.6 is 0 Å². The van der Waals surface area contributed by atoms with Gasteiger partial charge in [0.2, 0.25) is 0 Å². The Balaban J connectivity index is 1.81. The Bertz CT molecular complexity index is 1040. The number of anilines is 3. The molecule has 0 spiro atoms. The van der Waals surface area contributed by atoms with Crippen molar-refractivity contribution in [1.82, 2.24) is 10.2 Å². The maximum absolute atomic E-state index is 12.7. The second kappa shape index (κ2) is 7.63. The Morgan fingerprint density at radius 3 is 2.15 bits per heavy atom. The highest BCUT2D eigenvalue weighted by Crippen LogP contribution is 2.28. The van der Waals surface area contributed by atoms with Gasteiger partial charge in [-0.2, -0.15) is 0 Å². The molecule has 0 bridgehead atoms. The van der Waals surface area contributed by atoms with E-state index in [0.29, 0.717) is 5.82 Å². The van der Waals surface area contributed by atoms with Gasteiger partial charge in [0.1, 0.15) is 10.6 Å². The zero-order valence-electron chi connectivity index (χ0n) is 15.2. The number of hydrogen-bond acceptors (Lipinski definition) is 6. The first-order valence-electron chi connectivity index (χ1n) is 8.23. The maximum atomic E-state index is 12.7. The van der Waals surface area contributed by atoms with Gasteiger partial charge in [0.05, 0.1) is 7.11 Å². The molecule has 8 heteroatoms. The lowest BCUT2D eigenvalue weighted by molar-refractivity contribution is 0.402. The first-order valence-corrected chi connectivity index (χ1v) is 9.71. The van der Waals surface area contributed by atoms with Gasteiger partial charge in [-0.3, -0.25) is 4.72 Å². The highest BCUT2D eigenvalue weighted by molar-refractivity contribution is 7.92. The molecule has 0 aliphatic rings. The van der Waals surface area contributed by atoms with E-state index in [0.717, 1.165) is 16.8 Å². The standard InChI is InChI=1S/C19H20N4O3S/c1-13-11-16(26-3)17(12-14(13)2)27(24,25)23-19-10-9-18(21-22-19)20-15-7-5-4-6-8-15/h4-12H,1-3H3,(H,20,21)(H,22,23). The van der Waals surface area contributed by atoms with E-state index < -0.39 is 10.0 Å². The fourth-order valence-electron chi connectivity index (χ4n) is 2.45. The molecule has 0 atom stereocenters. The monoisotopic (exact) mass is 384 g/mol. The van der Waals surface area contributed by atoms with Crippen LogP contribution in [0.4, 0.5) is 17.3 Å². The average Bonchev–Trinajstić information content (AvgIpc) is 2.65. The zero-order valence-corrected chi connectivity index (χ0v) is 16.0. The Labute approximate surface area is 158 Å². The summed E-state index contributed by atoms with van der Waals surface area (Å²) in [5.74, 6) is 0.905. The lowest BCUT2D eigenvalue weighted by atomic mass is 10.1. The molecule has 27 heavy (non-hydrogen) atoms. The molecular weight excluding hydrogens is 364 g/mol. The second-order valence-corrected chi connectivity index (χ2v) is 7.64. The number of nitrogens with zero attached hydrogens (tertiary/aromatic N) is 2. The van der Waals surface area contributed by atoms with E-state index in [-0.39, 0.29) is 16.5 Å². The van der Waals surface area contributed by atoms with Crippen molar-refractivity contribution < 1.29 is 13.2 Å². The van der Waals surface area contributed by atoms with E-state index in [2.05, 4.69) is 20.2 Å². The quantitative estimate of drug-likeness (QED) is 0.674. The lowest BCUT2D eigenvalue weighted by Gasteiger charge is -2.13. The average molecular weight is 384 g/mol. The fraction of sp³-hybridized carbons (Fsp3) is 0.158. The topological polar surface area (TPSA) is 93.2 Å². The Hall–Kier alpha value is -3.13. The fourth-order valence-corrected chi connectivity index (χ4v) is 3.68. The molecule has 3 aromatic rings. The first-order chi connectivity index (χ1) is 12.9. The third kappa shape index (κ3) is 4.35. The van der Waals surface area contributed by atoms with Crippen molar-refractivity contribution in [1.29, 1.82) is 0 Å². The maximum Gasteiger partial charge on any atom is 0.266 e. The number of nitrogens with one attached hydrogen (secondary N) is 2. The number of aromatic nitrogens is 2. The summed E-state index contributed by atoms with van der Waals surface area (Å²) in [5, 5.41) is 11.0. The van der Waals surface area contributed by atoms with Gasteiger partial charge in [-0.05, 0) is 61.4 Å². The van der Waals surface area contributed by atoms with Crippen LogP contribution in [0.25, 0.3) is 0 Å². The van der Waals surface area contributed by atoms with Crippen LogP contribution in [-0.2, 0) is 10.0 Å². The van der Waals surface area contributed by atoms with Gasteiger partial charge in [-0.1, -0.05) is 18.2 Å². The SMILES string of the molecule is COc1cc(C)c(C)cc1S(=O)(=O)Nc1ccc(Nc2ccccc2)nn1. The minimum atomic E-state index is -3.86.